The third kappa shape index (κ3) is 25.9. The Kier molecular flexibility index (Phi) is 31.6. The number of rotatable bonds is 48. The second-order valence-corrected chi connectivity index (χ2v) is 33.1. The third-order valence-corrected chi connectivity index (χ3v) is 23.5. The standard InChI is InChI=1S/C125H108O12/c1-9-89-17-33-97(34-18-89)77-130-117-65-105(66-118(73-117)131-78-98-35-19-90(10-2)20-36-98)85-126-113-57-49-109(50-58-113)125(110-51-59-114(60-52-110)127-86-106-67-119(132-79-99-37-21-91(11-3)22-38-99)74-120(68-106)133-80-100-39-23-92(12-4)24-40-100,111-53-61-115(62-54-111)128-87-107-69-121(134-81-101-41-25-93(13-5)26-42-101)75-122(70-107)135-82-102-43-27-94(14-6)28-44-102)112-55-63-116(64-56-112)129-88-108-71-123(136-83-103-45-29-95(15-7)30-46-103)76-124(72-108)137-84-104-47-31-96(16-8)32-48-104/h9-76H,1-8,77-88H2. The van der Waals surface area contributed by atoms with Gasteiger partial charge >= 0.3 is 0 Å². The number of hydrogen-bond donors (Lipinski definition) is 0. The lowest BCUT2D eigenvalue weighted by atomic mass is 9.65. The van der Waals surface area contributed by atoms with E-state index in [1.54, 1.807) is 0 Å². The quantitative estimate of drug-likeness (QED) is 0.0339. The van der Waals surface area contributed by atoms with Crippen LogP contribution in [0.3, 0.4) is 0 Å². The smallest absolute Gasteiger partial charge is 0.123 e. The summed E-state index contributed by atoms with van der Waals surface area (Å²) in [7, 11) is 0. The van der Waals surface area contributed by atoms with Gasteiger partial charge in [-0.25, -0.2) is 0 Å². The van der Waals surface area contributed by atoms with E-state index in [2.05, 4.69) is 101 Å². The van der Waals surface area contributed by atoms with Gasteiger partial charge in [0.15, 0.2) is 0 Å². The van der Waals surface area contributed by atoms with Crippen LogP contribution in [0.2, 0.25) is 0 Å². The summed E-state index contributed by atoms with van der Waals surface area (Å²) in [5.74, 6) is 7.58. The molecule has 0 unspecified atom stereocenters. The Balaban J connectivity index is 0.752. The zero-order valence-electron chi connectivity index (χ0n) is 76.8. The van der Waals surface area contributed by atoms with Gasteiger partial charge in [0.1, 0.15) is 148 Å². The molecule has 0 saturated carbocycles. The molecular weight excluding hydrogens is 1690 g/mol. The van der Waals surface area contributed by atoms with Crippen molar-refractivity contribution in [2.24, 2.45) is 0 Å². The highest BCUT2D eigenvalue weighted by Gasteiger charge is 2.39. The first-order valence-corrected chi connectivity index (χ1v) is 45.5. The minimum absolute atomic E-state index is 0.189. The van der Waals surface area contributed by atoms with E-state index in [-0.39, 0.29) is 26.4 Å². The SMILES string of the molecule is C=Cc1ccc(COc2cc(COc3ccc(C(c4ccc(OCc5cc(OCc6ccc(C=C)cc6)cc(OCc6ccc(C=C)cc6)c5)cc4)(c4ccc(OCc5cc(OCc6ccc(C=C)cc6)cc(OCc6ccc(C=C)cc6)c5)cc4)c4ccc(OCc5cc(OCc6ccc(C=C)cc6)cc(OCc6ccc(C=C)cc6)c5)cc4)cc3)cc(OCc3ccc(C=C)cc3)c2)cc1. The minimum atomic E-state index is -1.08. The highest BCUT2D eigenvalue weighted by atomic mass is 16.5. The Bertz CT molecular complexity index is 5640. The predicted octanol–water partition coefficient (Wildman–Crippen LogP) is 30.2. The van der Waals surface area contributed by atoms with E-state index in [0.717, 1.165) is 134 Å². The molecule has 0 aliphatic rings. The Labute approximate surface area is 804 Å². The van der Waals surface area contributed by atoms with E-state index in [0.29, 0.717) is 122 Å². The van der Waals surface area contributed by atoms with E-state index in [9.17, 15) is 0 Å². The van der Waals surface area contributed by atoms with Crippen molar-refractivity contribution in [3.8, 4) is 69.0 Å². The van der Waals surface area contributed by atoms with Crippen LogP contribution in [0.5, 0.6) is 69.0 Å². The molecule has 0 fully saturated rings. The van der Waals surface area contributed by atoms with E-state index < -0.39 is 5.41 Å². The maximum Gasteiger partial charge on any atom is 0.123 e. The second kappa shape index (κ2) is 46.4. The molecule has 0 spiro atoms. The van der Waals surface area contributed by atoms with Gasteiger partial charge in [-0.3, -0.25) is 0 Å². The molecule has 137 heavy (non-hydrogen) atoms. The molecule has 16 aromatic carbocycles. The Morgan fingerprint density at radius 3 is 0.372 bits per heavy atom. The summed E-state index contributed by atoms with van der Waals surface area (Å²) >= 11 is 0. The van der Waals surface area contributed by atoms with Crippen LogP contribution in [0.15, 0.2) is 417 Å². The van der Waals surface area contributed by atoms with Crippen molar-refractivity contribution < 1.29 is 56.8 Å². The van der Waals surface area contributed by atoms with E-state index in [4.69, 9.17) is 56.8 Å². The van der Waals surface area contributed by atoms with Crippen LogP contribution < -0.4 is 56.8 Å². The van der Waals surface area contributed by atoms with Crippen molar-refractivity contribution in [3.05, 3.63) is 550 Å². The molecule has 0 aliphatic heterocycles. The van der Waals surface area contributed by atoms with Crippen molar-refractivity contribution in [3.63, 3.8) is 0 Å². The molecule has 0 aliphatic carbocycles. The summed E-state index contributed by atoms with van der Waals surface area (Å²) in [6, 6.07) is 122. The van der Waals surface area contributed by atoms with Crippen LogP contribution in [-0.4, -0.2) is 0 Å². The molecule has 16 rings (SSSR count). The average Bonchev–Trinajstić information content (AvgIpc) is 0.729. The van der Waals surface area contributed by atoms with Crippen molar-refractivity contribution in [2.75, 3.05) is 0 Å². The molecule has 680 valence electrons. The lowest BCUT2D eigenvalue weighted by Crippen LogP contribution is -2.31. The molecule has 0 bridgehead atoms. The summed E-state index contributed by atoms with van der Waals surface area (Å²) in [5.41, 5.74) is 22.2. The van der Waals surface area contributed by atoms with Gasteiger partial charge in [-0.1, -0.05) is 344 Å². The van der Waals surface area contributed by atoms with Crippen molar-refractivity contribution in [1.29, 1.82) is 0 Å². The van der Waals surface area contributed by atoms with Gasteiger partial charge < -0.3 is 56.8 Å². The zero-order chi connectivity index (χ0) is 94.3. The fraction of sp³-hybridized carbons (Fsp3) is 0.104. The maximum atomic E-state index is 6.85. The Morgan fingerprint density at radius 1 is 0.131 bits per heavy atom. The van der Waals surface area contributed by atoms with Crippen LogP contribution in [0, 0.1) is 0 Å². The largest absolute Gasteiger partial charge is 0.489 e. The molecule has 0 amide bonds. The van der Waals surface area contributed by atoms with Crippen molar-refractivity contribution >= 4 is 48.6 Å². The molecule has 0 radical (unpaired) electrons. The minimum Gasteiger partial charge on any atom is -0.489 e. The number of benzene rings is 16. The molecule has 0 N–H and O–H groups in total. The number of hydrogen-bond acceptors (Lipinski definition) is 12. The van der Waals surface area contributed by atoms with Crippen molar-refractivity contribution in [2.45, 2.75) is 84.7 Å². The Morgan fingerprint density at radius 2 is 0.248 bits per heavy atom. The topological polar surface area (TPSA) is 111 Å². The lowest BCUT2D eigenvalue weighted by Gasteiger charge is -2.37. The van der Waals surface area contributed by atoms with Crippen LogP contribution in [0.25, 0.3) is 48.6 Å². The third-order valence-electron chi connectivity index (χ3n) is 23.5. The monoisotopic (exact) mass is 1800 g/mol. The van der Waals surface area contributed by atoms with Crippen LogP contribution in [-0.2, 0) is 84.7 Å². The molecule has 0 saturated heterocycles. The number of ether oxygens (including phenoxy) is 12. The highest BCUT2D eigenvalue weighted by Crippen LogP contribution is 2.48. The molecule has 16 aromatic rings. The summed E-state index contributed by atoms with van der Waals surface area (Å²) in [4.78, 5) is 0. The Hall–Kier alpha value is -17.0. The fourth-order valence-electron chi connectivity index (χ4n) is 15.7. The first-order valence-electron chi connectivity index (χ1n) is 45.5. The van der Waals surface area contributed by atoms with Gasteiger partial charge in [0.2, 0.25) is 0 Å². The second-order valence-electron chi connectivity index (χ2n) is 33.1. The molecular formula is C125H108O12. The molecule has 0 atom stereocenters. The van der Waals surface area contributed by atoms with E-state index in [1.165, 1.54) is 0 Å². The first kappa shape index (κ1) is 93.3. The van der Waals surface area contributed by atoms with Crippen LogP contribution in [0.1, 0.15) is 134 Å². The fourth-order valence-corrected chi connectivity index (χ4v) is 15.7. The zero-order valence-corrected chi connectivity index (χ0v) is 76.8. The highest BCUT2D eigenvalue weighted by molar-refractivity contribution is 5.63. The molecule has 12 heteroatoms. The van der Waals surface area contributed by atoms with Gasteiger partial charge in [0, 0.05) is 24.3 Å². The summed E-state index contributed by atoms with van der Waals surface area (Å²) in [6.07, 6.45) is 14.6. The van der Waals surface area contributed by atoms with E-state index in [1.807, 2.05) is 364 Å². The van der Waals surface area contributed by atoms with Gasteiger partial charge in [-0.2, -0.15) is 0 Å². The predicted molar refractivity (Wildman–Crippen MR) is 555 cm³/mol. The summed E-state index contributed by atoms with van der Waals surface area (Å²) < 4.78 is 79.6. The normalized spacial score (nSPS) is 10.9. The lowest BCUT2D eigenvalue weighted by molar-refractivity contribution is 0.281. The van der Waals surface area contributed by atoms with Gasteiger partial charge in [-0.05, 0) is 231 Å². The molecule has 12 nitrogen and oxygen atoms in total. The average molecular weight is 1800 g/mol. The maximum absolute atomic E-state index is 6.85. The van der Waals surface area contributed by atoms with Crippen LogP contribution >= 0.6 is 0 Å². The van der Waals surface area contributed by atoms with Crippen LogP contribution in [0.4, 0.5) is 0 Å². The summed E-state index contributed by atoms with van der Waals surface area (Å²) in [5, 5.41) is 0. The molecule has 0 aromatic heterocycles. The van der Waals surface area contributed by atoms with Gasteiger partial charge in [0.05, 0.1) is 5.41 Å². The summed E-state index contributed by atoms with van der Waals surface area (Å²) in [6.45, 7) is 35.0. The molecule has 0 heterocycles. The van der Waals surface area contributed by atoms with Gasteiger partial charge in [-0.15, -0.1) is 0 Å². The van der Waals surface area contributed by atoms with Gasteiger partial charge in [0.25, 0.3) is 0 Å². The van der Waals surface area contributed by atoms with E-state index >= 15 is 0 Å². The van der Waals surface area contributed by atoms with Crippen molar-refractivity contribution in [1.82, 2.24) is 0 Å². The first-order chi connectivity index (χ1) is 67.3.